The maximum Gasteiger partial charge on any atom is 0.285 e. The Hall–Kier alpha value is -2.36. The molecule has 0 spiro atoms. The Bertz CT molecular complexity index is 994. The van der Waals surface area contributed by atoms with Gasteiger partial charge in [-0.05, 0) is 52.4 Å². The fraction of sp³-hybridized carbons (Fsp3) is 0.105. The first-order valence-corrected chi connectivity index (χ1v) is 10.0. The summed E-state index contributed by atoms with van der Waals surface area (Å²) in [5, 5.41) is 1.07. The fourth-order valence-electron chi connectivity index (χ4n) is 2.54. The Morgan fingerprint density at radius 3 is 2.61 bits per heavy atom. The Labute approximate surface area is 180 Å². The van der Waals surface area contributed by atoms with Gasteiger partial charge >= 0.3 is 0 Å². The van der Waals surface area contributed by atoms with E-state index in [1.165, 1.54) is 7.11 Å². The minimum atomic E-state index is -0.441. The maximum atomic E-state index is 12.8. The van der Waals surface area contributed by atoms with Crippen LogP contribution in [0.3, 0.4) is 0 Å². The van der Waals surface area contributed by atoms with E-state index in [1.807, 2.05) is 0 Å². The van der Waals surface area contributed by atoms with Crippen LogP contribution in [0.25, 0.3) is 6.08 Å². The smallest absolute Gasteiger partial charge is 0.285 e. The van der Waals surface area contributed by atoms with Gasteiger partial charge in [0, 0.05) is 10.0 Å². The second kappa shape index (κ2) is 8.76. The van der Waals surface area contributed by atoms with Gasteiger partial charge in [0.15, 0.2) is 15.8 Å². The van der Waals surface area contributed by atoms with Gasteiger partial charge in [-0.1, -0.05) is 36.0 Å². The Morgan fingerprint density at radius 1 is 1.18 bits per heavy atom. The van der Waals surface area contributed by atoms with Crippen LogP contribution < -0.4 is 14.9 Å². The highest BCUT2D eigenvalue weighted by atomic mass is 79.9. The highest BCUT2D eigenvalue weighted by Gasteiger charge is 2.34. The van der Waals surface area contributed by atoms with E-state index in [2.05, 4.69) is 21.4 Å². The van der Waals surface area contributed by atoms with Crippen molar-refractivity contribution in [3.63, 3.8) is 0 Å². The number of halogens is 1. The van der Waals surface area contributed by atoms with Gasteiger partial charge in [0.25, 0.3) is 11.8 Å². The predicted octanol–water partition coefficient (Wildman–Crippen LogP) is 4.01. The van der Waals surface area contributed by atoms with E-state index in [0.717, 1.165) is 16.8 Å². The van der Waals surface area contributed by atoms with E-state index in [9.17, 15) is 9.59 Å². The molecule has 3 rings (SSSR count). The highest BCUT2D eigenvalue weighted by molar-refractivity contribution is 9.10. The fourth-order valence-corrected chi connectivity index (χ4v) is 4.17. The number of ether oxygens (including phenoxy) is 2. The van der Waals surface area contributed by atoms with E-state index in [1.54, 1.807) is 55.7 Å². The number of para-hydroxylation sites is 1. The number of hydrazine groups is 1. The molecule has 0 atom stereocenters. The van der Waals surface area contributed by atoms with Crippen molar-refractivity contribution >= 4 is 62.1 Å². The topological polar surface area (TPSA) is 67.9 Å². The number of hydrogen-bond donors (Lipinski definition) is 1. The number of nitrogens with one attached hydrogen (secondary N) is 1. The maximum absolute atomic E-state index is 12.8. The van der Waals surface area contributed by atoms with Crippen LogP contribution in [0.4, 0.5) is 0 Å². The van der Waals surface area contributed by atoms with E-state index >= 15 is 0 Å². The zero-order valence-electron chi connectivity index (χ0n) is 14.9. The lowest BCUT2D eigenvalue weighted by atomic mass is 10.1. The van der Waals surface area contributed by atoms with Crippen molar-refractivity contribution in [2.24, 2.45) is 0 Å². The molecule has 0 saturated carbocycles. The lowest BCUT2D eigenvalue weighted by Crippen LogP contribution is -2.44. The van der Waals surface area contributed by atoms with E-state index in [-0.39, 0.29) is 4.32 Å². The van der Waals surface area contributed by atoms with Gasteiger partial charge in [-0.25, -0.2) is 0 Å². The van der Waals surface area contributed by atoms with Crippen LogP contribution in [0.5, 0.6) is 11.5 Å². The van der Waals surface area contributed by atoms with E-state index in [0.29, 0.717) is 32.0 Å². The molecule has 1 N–H and O–H groups in total. The number of amides is 2. The summed E-state index contributed by atoms with van der Waals surface area (Å²) in [6, 6.07) is 12.3. The van der Waals surface area contributed by atoms with Crippen molar-refractivity contribution in [1.82, 2.24) is 10.4 Å². The summed E-state index contributed by atoms with van der Waals surface area (Å²) in [7, 11) is 3.07. The molecule has 0 bridgehead atoms. The van der Waals surface area contributed by atoms with Gasteiger partial charge in [-0.2, -0.15) is 5.01 Å². The molecule has 28 heavy (non-hydrogen) atoms. The molecule has 144 valence electrons. The quantitative estimate of drug-likeness (QED) is 0.517. The summed E-state index contributed by atoms with van der Waals surface area (Å²) in [6.45, 7) is 0. The third kappa shape index (κ3) is 4.06. The van der Waals surface area contributed by atoms with Gasteiger partial charge in [-0.15, -0.1) is 0 Å². The Morgan fingerprint density at radius 2 is 1.93 bits per heavy atom. The number of methoxy groups -OCH3 is 2. The molecule has 0 radical (unpaired) electrons. The highest BCUT2D eigenvalue weighted by Crippen LogP contribution is 2.36. The lowest BCUT2D eigenvalue weighted by Gasteiger charge is -2.16. The number of carbonyl (C=O) groups is 2. The molecule has 1 aliphatic heterocycles. The summed E-state index contributed by atoms with van der Waals surface area (Å²) < 4.78 is 11.5. The summed E-state index contributed by atoms with van der Waals surface area (Å²) in [5.74, 6) is 0.200. The van der Waals surface area contributed by atoms with Crippen molar-refractivity contribution in [2.75, 3.05) is 14.2 Å². The third-order valence-electron chi connectivity index (χ3n) is 3.85. The molecule has 9 heteroatoms. The Balaban J connectivity index is 1.85. The zero-order valence-corrected chi connectivity index (χ0v) is 18.1. The third-order valence-corrected chi connectivity index (χ3v) is 5.84. The monoisotopic (exact) mass is 478 g/mol. The molecule has 2 aromatic carbocycles. The molecule has 1 saturated heterocycles. The van der Waals surface area contributed by atoms with Gasteiger partial charge in [0.05, 0.1) is 24.7 Å². The van der Waals surface area contributed by atoms with Crippen molar-refractivity contribution in [1.29, 1.82) is 0 Å². The number of thioether (sulfide) groups is 1. The summed E-state index contributed by atoms with van der Waals surface area (Å²) >= 11 is 9.69. The minimum absolute atomic E-state index is 0.235. The van der Waals surface area contributed by atoms with Crippen molar-refractivity contribution in [3.8, 4) is 11.5 Å². The number of nitrogens with zero attached hydrogens (tertiary/aromatic N) is 1. The van der Waals surface area contributed by atoms with Crippen LogP contribution in [0, 0.1) is 0 Å². The van der Waals surface area contributed by atoms with Gasteiger partial charge in [0.1, 0.15) is 0 Å². The molecule has 1 aliphatic rings. The second-order valence-corrected chi connectivity index (χ2v) is 8.05. The number of hydrogen-bond acceptors (Lipinski definition) is 6. The molecule has 2 aromatic rings. The predicted molar refractivity (Wildman–Crippen MR) is 116 cm³/mol. The molecular weight excluding hydrogens is 464 g/mol. The van der Waals surface area contributed by atoms with Gasteiger partial charge in [0.2, 0.25) is 0 Å². The normalized spacial score (nSPS) is 15.1. The summed E-state index contributed by atoms with van der Waals surface area (Å²) in [4.78, 5) is 25.6. The minimum Gasteiger partial charge on any atom is -0.493 e. The average Bonchev–Trinajstić information content (AvgIpc) is 2.95. The first-order chi connectivity index (χ1) is 13.5. The van der Waals surface area contributed by atoms with Crippen molar-refractivity contribution in [3.05, 3.63) is 63.0 Å². The van der Waals surface area contributed by atoms with Crippen molar-refractivity contribution < 1.29 is 19.1 Å². The lowest BCUT2D eigenvalue weighted by molar-refractivity contribution is -0.123. The van der Waals surface area contributed by atoms with Gasteiger partial charge in [-0.3, -0.25) is 15.0 Å². The molecule has 1 fully saturated rings. The van der Waals surface area contributed by atoms with Crippen molar-refractivity contribution in [2.45, 2.75) is 0 Å². The molecule has 0 aliphatic carbocycles. The number of thiocarbonyl (C=S) groups is 1. The molecule has 2 amide bonds. The van der Waals surface area contributed by atoms with Crippen LogP contribution in [0.1, 0.15) is 15.9 Å². The van der Waals surface area contributed by atoms with E-state index < -0.39 is 11.8 Å². The molecule has 0 unspecified atom stereocenters. The number of rotatable bonds is 5. The van der Waals surface area contributed by atoms with Crippen LogP contribution in [-0.4, -0.2) is 35.4 Å². The van der Waals surface area contributed by atoms with Crippen LogP contribution in [-0.2, 0) is 4.79 Å². The van der Waals surface area contributed by atoms with Gasteiger partial charge < -0.3 is 9.47 Å². The molecule has 1 heterocycles. The first-order valence-electron chi connectivity index (χ1n) is 8.00. The molecule has 6 nitrogen and oxygen atoms in total. The average molecular weight is 479 g/mol. The largest absolute Gasteiger partial charge is 0.493 e. The summed E-state index contributed by atoms with van der Waals surface area (Å²) in [6.07, 6.45) is 1.66. The van der Waals surface area contributed by atoms with Crippen LogP contribution in [0.2, 0.25) is 0 Å². The number of carbonyl (C=O) groups excluding carboxylic acids is 2. The van der Waals surface area contributed by atoms with Crippen LogP contribution >= 0.6 is 39.9 Å². The van der Waals surface area contributed by atoms with E-state index in [4.69, 9.17) is 21.7 Å². The first kappa shape index (κ1) is 20.4. The standard InChI is InChI=1S/C19H15BrN2O4S2/c1-25-14-9-5-6-11(16(14)26-2)10-15-18(24)22(19(27)28-15)21-17(23)12-7-3-4-8-13(12)20/h3-10H,1-2H3,(H,21,23)/b15-10-. The Kier molecular flexibility index (Phi) is 6.38. The second-order valence-electron chi connectivity index (χ2n) is 5.52. The molecule has 0 aromatic heterocycles. The summed E-state index contributed by atoms with van der Waals surface area (Å²) in [5.41, 5.74) is 3.62. The SMILES string of the molecule is COc1cccc(/C=C2\SC(=S)N(NC(=O)c3ccccc3Br)C2=O)c1OC. The molecular formula is C19H15BrN2O4S2. The zero-order chi connectivity index (χ0) is 20.3. The number of benzene rings is 2. The van der Waals surface area contributed by atoms with Crippen LogP contribution in [0.15, 0.2) is 51.8 Å².